The van der Waals surface area contributed by atoms with Gasteiger partial charge in [-0.2, -0.15) is 11.8 Å². The van der Waals surface area contributed by atoms with Crippen molar-refractivity contribution in [2.45, 2.75) is 6.92 Å². The molecule has 88 valence electrons. The van der Waals surface area contributed by atoms with Crippen LogP contribution in [0.5, 0.6) is 0 Å². The molecule has 0 amide bonds. The normalized spacial score (nSPS) is 10.1. The molecule has 0 aliphatic rings. The first-order valence-corrected chi connectivity index (χ1v) is 6.49. The maximum absolute atomic E-state index is 11.7. The number of benzene rings is 1. The van der Waals surface area contributed by atoms with Gasteiger partial charge in [0, 0.05) is 11.4 Å². The van der Waals surface area contributed by atoms with Crippen molar-refractivity contribution in [2.24, 2.45) is 0 Å². The number of carbonyl (C=O) groups is 1. The van der Waals surface area contributed by atoms with Crippen molar-refractivity contribution in [3.05, 3.63) is 28.8 Å². The molecule has 0 aromatic heterocycles. The Morgan fingerprint density at radius 2 is 2.31 bits per heavy atom. The van der Waals surface area contributed by atoms with Gasteiger partial charge in [-0.15, -0.1) is 0 Å². The number of nitrogen functional groups attached to an aromatic ring is 1. The Morgan fingerprint density at radius 3 is 2.94 bits per heavy atom. The van der Waals surface area contributed by atoms with Crippen LogP contribution < -0.4 is 5.73 Å². The smallest absolute Gasteiger partial charge is 0.341 e. The first kappa shape index (κ1) is 13.2. The number of anilines is 1. The third-order valence-electron chi connectivity index (χ3n) is 1.91. The Balaban J connectivity index is 2.59. The van der Waals surface area contributed by atoms with Crippen LogP contribution in [0.25, 0.3) is 0 Å². The van der Waals surface area contributed by atoms with Crippen molar-refractivity contribution in [3.8, 4) is 0 Å². The molecule has 0 aliphatic heterocycles. The molecule has 1 aromatic rings. The van der Waals surface area contributed by atoms with Crippen molar-refractivity contribution >= 4 is 35.0 Å². The van der Waals surface area contributed by atoms with Crippen LogP contribution in [0.2, 0.25) is 5.02 Å². The molecule has 0 spiro atoms. The van der Waals surface area contributed by atoms with E-state index in [1.165, 1.54) is 0 Å². The fourth-order valence-corrected chi connectivity index (χ4v) is 1.91. The van der Waals surface area contributed by atoms with Crippen LogP contribution in [-0.4, -0.2) is 24.1 Å². The van der Waals surface area contributed by atoms with Gasteiger partial charge in [-0.05, 0) is 17.9 Å². The molecule has 5 heteroatoms. The zero-order chi connectivity index (χ0) is 12.0. The van der Waals surface area contributed by atoms with Crippen LogP contribution in [0, 0.1) is 0 Å². The Kier molecular flexibility index (Phi) is 5.49. The van der Waals surface area contributed by atoms with Gasteiger partial charge in [0.15, 0.2) is 0 Å². The molecular weight excluding hydrogens is 246 g/mol. The lowest BCUT2D eigenvalue weighted by atomic mass is 10.2. The molecule has 0 saturated carbocycles. The lowest BCUT2D eigenvalue weighted by Gasteiger charge is -2.07. The third kappa shape index (κ3) is 3.61. The molecule has 3 nitrogen and oxygen atoms in total. The molecule has 0 bridgehead atoms. The number of nitrogens with two attached hydrogens (primary N) is 1. The molecule has 0 unspecified atom stereocenters. The van der Waals surface area contributed by atoms with E-state index in [2.05, 4.69) is 6.92 Å². The monoisotopic (exact) mass is 259 g/mol. The van der Waals surface area contributed by atoms with Crippen molar-refractivity contribution in [3.63, 3.8) is 0 Å². The Labute approximate surface area is 104 Å². The molecule has 16 heavy (non-hydrogen) atoms. The average Bonchev–Trinajstić information content (AvgIpc) is 2.24. The standard InChI is InChI=1S/C11H14ClNO2S/c1-2-16-7-6-15-11(14)10-8(12)4-3-5-9(10)13/h3-5H,2,6-7,13H2,1H3. The minimum atomic E-state index is -0.459. The fraction of sp³-hybridized carbons (Fsp3) is 0.364. The number of rotatable bonds is 5. The second kappa shape index (κ2) is 6.66. The summed E-state index contributed by atoms with van der Waals surface area (Å²) in [6.45, 7) is 2.43. The van der Waals surface area contributed by atoms with Crippen LogP contribution in [0.1, 0.15) is 17.3 Å². The molecule has 0 aliphatic carbocycles. The quantitative estimate of drug-likeness (QED) is 0.502. The largest absolute Gasteiger partial charge is 0.461 e. The Hall–Kier alpha value is -0.870. The summed E-state index contributed by atoms with van der Waals surface area (Å²) in [4.78, 5) is 11.7. The molecule has 2 N–H and O–H groups in total. The summed E-state index contributed by atoms with van der Waals surface area (Å²) in [6, 6.07) is 4.94. The molecule has 0 fully saturated rings. The van der Waals surface area contributed by atoms with E-state index in [9.17, 15) is 4.79 Å². The highest BCUT2D eigenvalue weighted by atomic mass is 35.5. The van der Waals surface area contributed by atoms with Crippen molar-refractivity contribution < 1.29 is 9.53 Å². The highest BCUT2D eigenvalue weighted by Gasteiger charge is 2.14. The number of halogens is 1. The van der Waals surface area contributed by atoms with Gasteiger partial charge in [-0.3, -0.25) is 0 Å². The second-order valence-corrected chi connectivity index (χ2v) is 4.84. The highest BCUT2D eigenvalue weighted by Crippen LogP contribution is 2.22. The maximum atomic E-state index is 11.7. The second-order valence-electron chi connectivity index (χ2n) is 3.04. The summed E-state index contributed by atoms with van der Waals surface area (Å²) in [5, 5.41) is 0.327. The van der Waals surface area contributed by atoms with Gasteiger partial charge >= 0.3 is 5.97 Å². The fourth-order valence-electron chi connectivity index (χ4n) is 1.17. The zero-order valence-electron chi connectivity index (χ0n) is 9.03. The predicted octanol–water partition coefficient (Wildman–Crippen LogP) is 2.83. The number of hydrogen-bond donors (Lipinski definition) is 1. The zero-order valence-corrected chi connectivity index (χ0v) is 10.6. The third-order valence-corrected chi connectivity index (χ3v) is 3.09. The van der Waals surface area contributed by atoms with Crippen LogP contribution in [0.3, 0.4) is 0 Å². The van der Waals surface area contributed by atoms with E-state index in [-0.39, 0.29) is 5.56 Å². The van der Waals surface area contributed by atoms with Gasteiger partial charge in [-0.25, -0.2) is 4.79 Å². The van der Waals surface area contributed by atoms with Gasteiger partial charge in [0.05, 0.1) is 5.02 Å². The van der Waals surface area contributed by atoms with Gasteiger partial charge < -0.3 is 10.5 Å². The summed E-state index contributed by atoms with van der Waals surface area (Å²) >= 11 is 7.59. The highest BCUT2D eigenvalue weighted by molar-refractivity contribution is 7.99. The summed E-state index contributed by atoms with van der Waals surface area (Å²) in [6.07, 6.45) is 0. The topological polar surface area (TPSA) is 52.3 Å². The number of ether oxygens (including phenoxy) is 1. The summed E-state index contributed by atoms with van der Waals surface area (Å²) in [5.41, 5.74) is 6.27. The van der Waals surface area contributed by atoms with Crippen molar-refractivity contribution in [1.29, 1.82) is 0 Å². The van der Waals surface area contributed by atoms with Gasteiger partial charge in [0.1, 0.15) is 12.2 Å². The number of carbonyl (C=O) groups excluding carboxylic acids is 1. The lowest BCUT2D eigenvalue weighted by molar-refractivity contribution is 0.0532. The number of esters is 1. The molecule has 0 heterocycles. The first-order valence-electron chi connectivity index (χ1n) is 4.95. The van der Waals surface area contributed by atoms with E-state index in [1.54, 1.807) is 30.0 Å². The van der Waals surface area contributed by atoms with Gasteiger partial charge in [-0.1, -0.05) is 24.6 Å². The first-order chi connectivity index (χ1) is 7.66. The molecule has 0 radical (unpaired) electrons. The minimum absolute atomic E-state index is 0.255. The summed E-state index contributed by atoms with van der Waals surface area (Å²) in [5.74, 6) is 1.33. The van der Waals surface area contributed by atoms with E-state index in [0.29, 0.717) is 17.3 Å². The van der Waals surface area contributed by atoms with E-state index in [4.69, 9.17) is 22.1 Å². The van der Waals surface area contributed by atoms with Crippen LogP contribution in [0.15, 0.2) is 18.2 Å². The minimum Gasteiger partial charge on any atom is -0.461 e. The molecular formula is C11H14ClNO2S. The Morgan fingerprint density at radius 1 is 1.56 bits per heavy atom. The number of thioether (sulfide) groups is 1. The SMILES string of the molecule is CCSCCOC(=O)c1c(N)cccc1Cl. The van der Waals surface area contributed by atoms with E-state index in [1.807, 2.05) is 0 Å². The van der Waals surface area contributed by atoms with Crippen molar-refractivity contribution in [1.82, 2.24) is 0 Å². The molecule has 0 atom stereocenters. The van der Waals surface area contributed by atoms with E-state index in [0.717, 1.165) is 11.5 Å². The van der Waals surface area contributed by atoms with Gasteiger partial charge in [0.25, 0.3) is 0 Å². The molecule has 1 rings (SSSR count). The van der Waals surface area contributed by atoms with Gasteiger partial charge in [0.2, 0.25) is 0 Å². The van der Waals surface area contributed by atoms with Crippen LogP contribution in [0.4, 0.5) is 5.69 Å². The summed E-state index contributed by atoms with van der Waals surface area (Å²) < 4.78 is 5.07. The maximum Gasteiger partial charge on any atom is 0.341 e. The average molecular weight is 260 g/mol. The lowest BCUT2D eigenvalue weighted by Crippen LogP contribution is -2.11. The summed E-state index contributed by atoms with van der Waals surface area (Å²) in [7, 11) is 0. The predicted molar refractivity (Wildman–Crippen MR) is 69.1 cm³/mol. The van der Waals surface area contributed by atoms with Crippen LogP contribution >= 0.6 is 23.4 Å². The number of hydrogen-bond acceptors (Lipinski definition) is 4. The van der Waals surface area contributed by atoms with E-state index >= 15 is 0 Å². The molecule has 1 aromatic carbocycles. The molecule has 0 saturated heterocycles. The van der Waals surface area contributed by atoms with Crippen molar-refractivity contribution in [2.75, 3.05) is 23.8 Å². The van der Waals surface area contributed by atoms with E-state index < -0.39 is 5.97 Å². The Bertz CT molecular complexity index is 351. The van der Waals surface area contributed by atoms with Crippen LogP contribution in [-0.2, 0) is 4.74 Å².